The van der Waals surface area contributed by atoms with E-state index in [0.717, 1.165) is 50.6 Å². The van der Waals surface area contributed by atoms with Crippen LogP contribution in [0.5, 0.6) is 0 Å². The second-order valence-corrected chi connectivity index (χ2v) is 13.4. The van der Waals surface area contributed by atoms with Gasteiger partial charge < -0.3 is 24.1 Å². The molecule has 2 heterocycles. The van der Waals surface area contributed by atoms with E-state index in [0.29, 0.717) is 36.7 Å². The van der Waals surface area contributed by atoms with Gasteiger partial charge in [-0.3, -0.25) is 4.79 Å². The van der Waals surface area contributed by atoms with Crippen LogP contribution in [-0.4, -0.2) is 49.1 Å². The Morgan fingerprint density at radius 2 is 2.03 bits per heavy atom. The van der Waals surface area contributed by atoms with Crippen LogP contribution in [0.3, 0.4) is 0 Å². The van der Waals surface area contributed by atoms with Crippen molar-refractivity contribution in [3.63, 3.8) is 0 Å². The number of rotatable bonds is 7. The van der Waals surface area contributed by atoms with Gasteiger partial charge in [0.25, 0.3) is 0 Å². The number of aliphatic carboxylic acids is 1. The lowest BCUT2D eigenvalue weighted by molar-refractivity contribution is -0.251. The Bertz CT molecular complexity index is 959. The molecule has 0 radical (unpaired) electrons. The molecule has 0 aromatic carbocycles. The Balaban J connectivity index is 1.37. The second kappa shape index (κ2) is 8.38. The molecule has 0 aromatic rings. The van der Waals surface area contributed by atoms with Gasteiger partial charge in [0.15, 0.2) is 6.29 Å². The molecule has 6 aliphatic rings. The fourth-order valence-corrected chi connectivity index (χ4v) is 10.6. The molecule has 2 saturated heterocycles. The van der Waals surface area contributed by atoms with Crippen LogP contribution in [0.4, 0.5) is 0 Å². The molecule has 5 fully saturated rings. The third-order valence-electron chi connectivity index (χ3n) is 12.0. The summed E-state index contributed by atoms with van der Waals surface area (Å²) in [5.41, 5.74) is -1.66. The first-order chi connectivity index (χ1) is 17.2. The first kappa shape index (κ1) is 25.1. The van der Waals surface area contributed by atoms with Crippen LogP contribution in [0.15, 0.2) is 11.6 Å². The van der Waals surface area contributed by atoms with Crippen molar-refractivity contribution in [3.8, 4) is 0 Å². The molecule has 3 saturated carbocycles. The lowest BCUT2D eigenvalue weighted by atomic mass is 9.43. The average Bonchev–Trinajstić information content (AvgIpc) is 3.55. The first-order valence-corrected chi connectivity index (χ1v) is 14.5. The van der Waals surface area contributed by atoms with Crippen molar-refractivity contribution in [1.29, 1.82) is 0 Å². The van der Waals surface area contributed by atoms with Crippen molar-refractivity contribution >= 4 is 12.3 Å². The standard InChI is InChI=1S/C30H44O6/c1-6-19-13-34-26-18(5)36-25(10-21(19)26)35-15-29-12-22-17(4)7-8-23(22)28(14-31)11-20(29)9-24(16(2)3)30(28,29)27(32)33/h9,14,16-23,25-26H,6-8,10-13,15H2,1-5H3,(H,32,33)/t17-,18-,19+,20?,21-,22?,23?,25-,26-,28+,29?,30?/m1/s1. The van der Waals surface area contributed by atoms with E-state index in [1.54, 1.807) is 0 Å². The highest BCUT2D eigenvalue weighted by Gasteiger charge is 2.84. The molecule has 4 bridgehead atoms. The number of aldehydes is 1. The van der Waals surface area contributed by atoms with Gasteiger partial charge >= 0.3 is 5.97 Å². The lowest BCUT2D eigenvalue weighted by Gasteiger charge is -2.58. The number of hydrogen-bond donors (Lipinski definition) is 1. The Kier molecular flexibility index (Phi) is 5.83. The molecule has 200 valence electrons. The number of carboxylic acid groups (broad SMARTS) is 1. The highest BCUT2D eigenvalue weighted by Crippen LogP contribution is 2.82. The monoisotopic (exact) mass is 500 g/mol. The van der Waals surface area contributed by atoms with Crippen LogP contribution in [0, 0.1) is 57.7 Å². The fraction of sp³-hybridized carbons (Fsp3) is 0.867. The third kappa shape index (κ3) is 2.85. The Labute approximate surface area is 215 Å². The van der Waals surface area contributed by atoms with E-state index in [1.165, 1.54) is 0 Å². The molecule has 12 atom stereocenters. The van der Waals surface area contributed by atoms with E-state index in [9.17, 15) is 14.7 Å². The maximum atomic E-state index is 13.6. The van der Waals surface area contributed by atoms with Crippen molar-refractivity contribution in [1.82, 2.24) is 0 Å². The smallest absolute Gasteiger partial charge is 0.315 e. The molecule has 0 aromatic heterocycles. The van der Waals surface area contributed by atoms with Gasteiger partial charge in [0.1, 0.15) is 11.7 Å². The quantitative estimate of drug-likeness (QED) is 0.387. The molecule has 6 heteroatoms. The van der Waals surface area contributed by atoms with Gasteiger partial charge in [0.2, 0.25) is 0 Å². The number of allylic oxidation sites excluding steroid dienone is 1. The van der Waals surface area contributed by atoms with Gasteiger partial charge in [-0.1, -0.05) is 52.2 Å². The zero-order valence-corrected chi connectivity index (χ0v) is 22.6. The first-order valence-electron chi connectivity index (χ1n) is 14.5. The van der Waals surface area contributed by atoms with Gasteiger partial charge in [-0.25, -0.2) is 0 Å². The van der Waals surface area contributed by atoms with Crippen LogP contribution in [0.1, 0.15) is 73.1 Å². The summed E-state index contributed by atoms with van der Waals surface area (Å²) in [5.74, 6) is 1.28. The Morgan fingerprint density at radius 1 is 1.25 bits per heavy atom. The molecule has 0 spiro atoms. The van der Waals surface area contributed by atoms with Gasteiger partial charge in [-0.2, -0.15) is 0 Å². The van der Waals surface area contributed by atoms with Gasteiger partial charge in [0.05, 0.1) is 30.8 Å². The number of ether oxygens (including phenoxy) is 3. The zero-order valence-electron chi connectivity index (χ0n) is 22.6. The number of carbonyl (C=O) groups excluding carboxylic acids is 1. The molecule has 6 rings (SSSR count). The SMILES string of the molecule is CC[C@H]1CO[C@H]2[C@@H]1C[C@H](OCC13CC4C(CC[C@H]4C)[C@@]4(C=O)CC1C=C(C(C)C)C34C(=O)O)O[C@@H]2C. The number of carboxylic acids is 1. The summed E-state index contributed by atoms with van der Waals surface area (Å²) in [6.07, 6.45) is 8.44. The van der Waals surface area contributed by atoms with Gasteiger partial charge in [-0.15, -0.1) is 0 Å². The summed E-state index contributed by atoms with van der Waals surface area (Å²) in [5, 5.41) is 11.1. The highest BCUT2D eigenvalue weighted by atomic mass is 16.7. The topological polar surface area (TPSA) is 82.1 Å². The summed E-state index contributed by atoms with van der Waals surface area (Å²) >= 11 is 0. The average molecular weight is 501 g/mol. The maximum absolute atomic E-state index is 13.6. The van der Waals surface area contributed by atoms with Gasteiger partial charge in [-0.05, 0) is 67.6 Å². The minimum atomic E-state index is -1.18. The predicted octanol–water partition coefficient (Wildman–Crippen LogP) is 5.10. The van der Waals surface area contributed by atoms with Crippen molar-refractivity contribution < 1.29 is 28.9 Å². The highest BCUT2D eigenvalue weighted by molar-refractivity contribution is 5.90. The van der Waals surface area contributed by atoms with Crippen LogP contribution in [0.2, 0.25) is 0 Å². The van der Waals surface area contributed by atoms with Crippen molar-refractivity contribution in [2.24, 2.45) is 57.7 Å². The molecule has 5 unspecified atom stereocenters. The van der Waals surface area contributed by atoms with E-state index in [2.05, 4.69) is 40.7 Å². The molecule has 36 heavy (non-hydrogen) atoms. The summed E-state index contributed by atoms with van der Waals surface area (Å²) < 4.78 is 19.1. The van der Waals surface area contributed by atoms with E-state index >= 15 is 0 Å². The van der Waals surface area contributed by atoms with Crippen LogP contribution in [0.25, 0.3) is 0 Å². The van der Waals surface area contributed by atoms with Gasteiger partial charge in [0, 0.05) is 11.8 Å². The maximum Gasteiger partial charge on any atom is 0.315 e. The van der Waals surface area contributed by atoms with E-state index < -0.39 is 22.2 Å². The summed E-state index contributed by atoms with van der Waals surface area (Å²) in [4.78, 5) is 26.8. The van der Waals surface area contributed by atoms with E-state index in [-0.39, 0.29) is 36.3 Å². The van der Waals surface area contributed by atoms with Crippen molar-refractivity contribution in [2.45, 2.75) is 91.6 Å². The zero-order chi connectivity index (χ0) is 25.6. The van der Waals surface area contributed by atoms with Crippen molar-refractivity contribution in [2.75, 3.05) is 13.2 Å². The minimum absolute atomic E-state index is 0.0412. The molecule has 4 aliphatic carbocycles. The van der Waals surface area contributed by atoms with E-state index in [4.69, 9.17) is 14.2 Å². The van der Waals surface area contributed by atoms with Crippen LogP contribution in [-0.2, 0) is 23.8 Å². The minimum Gasteiger partial charge on any atom is -0.481 e. The van der Waals surface area contributed by atoms with Crippen molar-refractivity contribution in [3.05, 3.63) is 11.6 Å². The summed E-state index contributed by atoms with van der Waals surface area (Å²) in [6.45, 7) is 11.9. The lowest BCUT2D eigenvalue weighted by Crippen LogP contribution is -2.63. The van der Waals surface area contributed by atoms with E-state index in [1.807, 2.05) is 0 Å². The Hall–Kier alpha value is -1.24. The molecule has 2 aliphatic heterocycles. The van der Waals surface area contributed by atoms with Crippen LogP contribution < -0.4 is 0 Å². The van der Waals surface area contributed by atoms with Crippen LogP contribution >= 0.6 is 0 Å². The molecular weight excluding hydrogens is 456 g/mol. The number of hydrogen-bond acceptors (Lipinski definition) is 5. The fourth-order valence-electron chi connectivity index (χ4n) is 10.6. The predicted molar refractivity (Wildman–Crippen MR) is 134 cm³/mol. The molecule has 6 nitrogen and oxygen atoms in total. The number of fused-ring (bicyclic) bond motifs is 3. The normalized spacial score (nSPS) is 52.8. The molecule has 0 amide bonds. The Morgan fingerprint density at radius 3 is 2.69 bits per heavy atom. The third-order valence-corrected chi connectivity index (χ3v) is 12.0. The summed E-state index contributed by atoms with van der Waals surface area (Å²) in [7, 11) is 0. The number of carbonyl (C=O) groups is 2. The largest absolute Gasteiger partial charge is 0.481 e. The molecule has 1 N–H and O–H groups in total. The summed E-state index contributed by atoms with van der Waals surface area (Å²) in [6, 6.07) is 0. The second-order valence-electron chi connectivity index (χ2n) is 13.4. The molecular formula is C30H44O6.